The predicted molar refractivity (Wildman–Crippen MR) is 78.9 cm³/mol. The average molecular weight is 278 g/mol. The van der Waals surface area contributed by atoms with E-state index >= 15 is 0 Å². The largest absolute Gasteiger partial charge is 0.378 e. The highest BCUT2D eigenvalue weighted by atomic mass is 16.5. The molecule has 1 fully saturated rings. The predicted octanol–water partition coefficient (Wildman–Crippen LogP) is 1.17. The zero-order valence-electron chi connectivity index (χ0n) is 12.1. The molecule has 20 heavy (non-hydrogen) atoms. The van der Waals surface area contributed by atoms with E-state index in [1.54, 1.807) is 6.20 Å². The van der Waals surface area contributed by atoms with Crippen molar-refractivity contribution < 1.29 is 9.53 Å². The quantitative estimate of drug-likeness (QED) is 0.846. The van der Waals surface area contributed by atoms with Crippen LogP contribution in [0.2, 0.25) is 0 Å². The molecular weight excluding hydrogens is 256 g/mol. The maximum atomic E-state index is 12.3. The molecule has 1 aromatic rings. The van der Waals surface area contributed by atoms with Crippen molar-refractivity contribution in [3.05, 3.63) is 18.3 Å². The monoisotopic (exact) mass is 278 g/mol. The van der Waals surface area contributed by atoms with Gasteiger partial charge in [0.2, 0.25) is 5.91 Å². The van der Waals surface area contributed by atoms with Gasteiger partial charge < -0.3 is 20.3 Å². The van der Waals surface area contributed by atoms with E-state index in [0.29, 0.717) is 26.3 Å². The maximum absolute atomic E-state index is 12.3. The summed E-state index contributed by atoms with van der Waals surface area (Å²) in [7, 11) is 0. The Hall–Kier alpha value is -1.82. The number of nitrogens with one attached hydrogen (secondary N) is 2. The summed E-state index contributed by atoms with van der Waals surface area (Å²) < 4.78 is 5.26. The molecule has 0 radical (unpaired) electrons. The third kappa shape index (κ3) is 3.84. The lowest BCUT2D eigenvalue weighted by Gasteiger charge is -2.29. The van der Waals surface area contributed by atoms with Crippen LogP contribution in [0.3, 0.4) is 0 Å². The molecule has 1 amide bonds. The van der Waals surface area contributed by atoms with E-state index in [1.807, 2.05) is 30.9 Å². The fourth-order valence-corrected chi connectivity index (χ4v) is 2.17. The van der Waals surface area contributed by atoms with Gasteiger partial charge >= 0.3 is 0 Å². The molecule has 2 heterocycles. The summed E-state index contributed by atoms with van der Waals surface area (Å²) in [5.41, 5.74) is 0.894. The van der Waals surface area contributed by atoms with Crippen LogP contribution in [-0.4, -0.2) is 54.7 Å². The second kappa shape index (κ2) is 7.09. The van der Waals surface area contributed by atoms with Gasteiger partial charge in [0.05, 0.1) is 13.2 Å². The van der Waals surface area contributed by atoms with Crippen molar-refractivity contribution in [2.24, 2.45) is 0 Å². The Bertz CT molecular complexity index is 447. The Kier molecular flexibility index (Phi) is 5.17. The first-order valence-corrected chi connectivity index (χ1v) is 7.03. The number of anilines is 2. The van der Waals surface area contributed by atoms with Crippen LogP contribution in [0.15, 0.2) is 18.3 Å². The van der Waals surface area contributed by atoms with Crippen LogP contribution >= 0.6 is 0 Å². The molecule has 2 rings (SSSR count). The molecule has 0 bridgehead atoms. The zero-order valence-corrected chi connectivity index (χ0v) is 12.1. The molecule has 110 valence electrons. The highest BCUT2D eigenvalue weighted by molar-refractivity contribution is 5.84. The number of ether oxygens (including phenoxy) is 1. The summed E-state index contributed by atoms with van der Waals surface area (Å²) in [4.78, 5) is 18.3. The molecule has 1 aliphatic rings. The van der Waals surface area contributed by atoms with Gasteiger partial charge in [0.1, 0.15) is 11.9 Å². The molecule has 1 atom stereocenters. The van der Waals surface area contributed by atoms with Gasteiger partial charge in [-0.25, -0.2) is 4.98 Å². The Labute approximate surface area is 119 Å². The number of hydrogen-bond acceptors (Lipinski definition) is 5. The van der Waals surface area contributed by atoms with E-state index in [-0.39, 0.29) is 11.9 Å². The summed E-state index contributed by atoms with van der Waals surface area (Å²) >= 11 is 0. The summed E-state index contributed by atoms with van der Waals surface area (Å²) in [6, 6.07) is 3.52. The lowest BCUT2D eigenvalue weighted by atomic mass is 10.2. The molecule has 1 unspecified atom stereocenters. The van der Waals surface area contributed by atoms with E-state index in [9.17, 15) is 4.79 Å². The molecule has 2 N–H and O–H groups in total. The molecule has 1 aliphatic heterocycles. The standard InChI is InChI=1S/C14H22N4O2/c1-3-15-13-10-12(4-5-16-13)17-11(2)14(19)18-6-8-20-9-7-18/h4-5,10-11H,3,6-9H2,1-2H3,(H2,15,16,17). The Balaban J connectivity index is 1.94. The van der Waals surface area contributed by atoms with Crippen LogP contribution in [0.5, 0.6) is 0 Å². The van der Waals surface area contributed by atoms with Crippen LogP contribution < -0.4 is 10.6 Å². The first kappa shape index (κ1) is 14.6. The van der Waals surface area contributed by atoms with Gasteiger partial charge in [-0.3, -0.25) is 4.79 Å². The van der Waals surface area contributed by atoms with Crippen molar-refractivity contribution in [2.75, 3.05) is 43.5 Å². The van der Waals surface area contributed by atoms with Gasteiger partial charge in [-0.15, -0.1) is 0 Å². The Morgan fingerprint density at radius 1 is 1.50 bits per heavy atom. The summed E-state index contributed by atoms with van der Waals surface area (Å²) in [6.07, 6.45) is 1.73. The minimum atomic E-state index is -0.259. The van der Waals surface area contributed by atoms with Crippen molar-refractivity contribution >= 4 is 17.4 Å². The van der Waals surface area contributed by atoms with Crippen molar-refractivity contribution in [1.82, 2.24) is 9.88 Å². The normalized spacial score (nSPS) is 16.6. The van der Waals surface area contributed by atoms with Crippen molar-refractivity contribution in [2.45, 2.75) is 19.9 Å². The molecule has 1 saturated heterocycles. The van der Waals surface area contributed by atoms with Crippen molar-refractivity contribution in [1.29, 1.82) is 0 Å². The third-order valence-corrected chi connectivity index (χ3v) is 3.19. The Morgan fingerprint density at radius 3 is 2.95 bits per heavy atom. The Morgan fingerprint density at radius 2 is 2.25 bits per heavy atom. The molecule has 0 aliphatic carbocycles. The van der Waals surface area contributed by atoms with Gasteiger partial charge in [-0.05, 0) is 19.9 Å². The second-order valence-electron chi connectivity index (χ2n) is 4.76. The fraction of sp³-hybridized carbons (Fsp3) is 0.571. The van der Waals surface area contributed by atoms with Crippen LogP contribution in [-0.2, 0) is 9.53 Å². The van der Waals surface area contributed by atoms with Crippen LogP contribution in [0.25, 0.3) is 0 Å². The maximum Gasteiger partial charge on any atom is 0.244 e. The number of carbonyl (C=O) groups is 1. The smallest absolute Gasteiger partial charge is 0.244 e. The summed E-state index contributed by atoms with van der Waals surface area (Å²) in [5, 5.41) is 6.38. The fourth-order valence-electron chi connectivity index (χ4n) is 2.17. The van der Waals surface area contributed by atoms with E-state index in [4.69, 9.17) is 4.74 Å². The van der Waals surface area contributed by atoms with E-state index < -0.39 is 0 Å². The first-order valence-electron chi connectivity index (χ1n) is 7.03. The molecule has 1 aromatic heterocycles. The van der Waals surface area contributed by atoms with Gasteiger partial charge in [-0.2, -0.15) is 0 Å². The van der Waals surface area contributed by atoms with E-state index in [0.717, 1.165) is 18.1 Å². The molecule has 0 saturated carbocycles. The van der Waals surface area contributed by atoms with Gasteiger partial charge in [0, 0.05) is 37.6 Å². The number of amides is 1. The topological polar surface area (TPSA) is 66.5 Å². The van der Waals surface area contributed by atoms with Gasteiger partial charge in [0.25, 0.3) is 0 Å². The van der Waals surface area contributed by atoms with Gasteiger partial charge in [-0.1, -0.05) is 0 Å². The summed E-state index contributed by atoms with van der Waals surface area (Å²) in [5.74, 6) is 0.915. The number of hydrogen-bond donors (Lipinski definition) is 2. The van der Waals surface area contributed by atoms with Crippen LogP contribution in [0.4, 0.5) is 11.5 Å². The molecule has 6 nitrogen and oxygen atoms in total. The zero-order chi connectivity index (χ0) is 14.4. The number of rotatable bonds is 5. The minimum absolute atomic E-state index is 0.107. The van der Waals surface area contributed by atoms with Crippen LogP contribution in [0.1, 0.15) is 13.8 Å². The van der Waals surface area contributed by atoms with Crippen molar-refractivity contribution in [3.8, 4) is 0 Å². The third-order valence-electron chi connectivity index (χ3n) is 3.19. The number of aromatic nitrogens is 1. The first-order chi connectivity index (χ1) is 9.70. The highest BCUT2D eigenvalue weighted by Crippen LogP contribution is 2.14. The van der Waals surface area contributed by atoms with Crippen LogP contribution in [0, 0.1) is 0 Å². The summed E-state index contributed by atoms with van der Waals surface area (Å²) in [6.45, 7) is 7.31. The highest BCUT2D eigenvalue weighted by Gasteiger charge is 2.22. The van der Waals surface area contributed by atoms with Crippen molar-refractivity contribution in [3.63, 3.8) is 0 Å². The number of carbonyl (C=O) groups excluding carboxylic acids is 1. The van der Waals surface area contributed by atoms with Gasteiger partial charge in [0.15, 0.2) is 0 Å². The SMILES string of the molecule is CCNc1cc(NC(C)C(=O)N2CCOCC2)ccn1. The molecular formula is C14H22N4O2. The molecule has 0 aromatic carbocycles. The average Bonchev–Trinajstić information content (AvgIpc) is 2.48. The second-order valence-corrected chi connectivity index (χ2v) is 4.76. The number of pyridine rings is 1. The van der Waals surface area contributed by atoms with E-state index in [2.05, 4.69) is 15.6 Å². The molecule has 0 spiro atoms. The van der Waals surface area contributed by atoms with E-state index in [1.165, 1.54) is 0 Å². The minimum Gasteiger partial charge on any atom is -0.378 e. The lowest BCUT2D eigenvalue weighted by Crippen LogP contribution is -2.47. The molecule has 6 heteroatoms. The lowest BCUT2D eigenvalue weighted by molar-refractivity contribution is -0.135. The number of morpholine rings is 1. The number of nitrogens with zero attached hydrogens (tertiary/aromatic N) is 2.